The third-order valence-electron chi connectivity index (χ3n) is 6.63. The van der Waals surface area contributed by atoms with Gasteiger partial charge in [0.05, 0.1) is 33.2 Å². The van der Waals surface area contributed by atoms with Crippen molar-refractivity contribution >= 4 is 32.7 Å². The first-order valence-electron chi connectivity index (χ1n) is 12.3. The Morgan fingerprint density at radius 1 is 1.18 bits per heavy atom. The van der Waals surface area contributed by atoms with Crippen LogP contribution in [0.3, 0.4) is 0 Å². The number of aromatic nitrogens is 3. The zero-order valence-corrected chi connectivity index (χ0v) is 21.8. The topological polar surface area (TPSA) is 118 Å². The second-order valence-corrected chi connectivity index (χ2v) is 11.7. The second kappa shape index (κ2) is 10.5. The van der Waals surface area contributed by atoms with Gasteiger partial charge in [0.25, 0.3) is 5.91 Å². The number of fused-ring (bicyclic) bond motifs is 1. The number of anilines is 2. The Labute approximate surface area is 219 Å². The highest BCUT2D eigenvalue weighted by atomic mass is 32.2. The molecule has 38 heavy (non-hydrogen) atoms. The van der Waals surface area contributed by atoms with E-state index in [1.165, 1.54) is 35.4 Å². The van der Waals surface area contributed by atoms with Crippen LogP contribution in [0.15, 0.2) is 70.3 Å². The number of rotatable bonds is 6. The molecule has 1 aliphatic carbocycles. The van der Waals surface area contributed by atoms with Crippen LogP contribution in [0.4, 0.5) is 15.9 Å². The van der Waals surface area contributed by atoms with Crippen molar-refractivity contribution in [3.63, 3.8) is 0 Å². The van der Waals surface area contributed by atoms with Gasteiger partial charge in [0.1, 0.15) is 23.4 Å². The quantitative estimate of drug-likeness (QED) is 0.359. The van der Waals surface area contributed by atoms with E-state index in [0.717, 1.165) is 0 Å². The van der Waals surface area contributed by atoms with E-state index in [2.05, 4.69) is 19.8 Å². The molecular weight excluding hydrogens is 509 g/mol. The number of carbonyl (C=O) groups excluding carboxylic acids is 1. The van der Waals surface area contributed by atoms with Crippen molar-refractivity contribution in [3.8, 4) is 5.75 Å². The van der Waals surface area contributed by atoms with Crippen molar-refractivity contribution in [1.82, 2.24) is 14.6 Å². The Kier molecular flexibility index (Phi) is 7.13. The average Bonchev–Trinajstić information content (AvgIpc) is 3.25. The van der Waals surface area contributed by atoms with E-state index in [0.29, 0.717) is 58.9 Å². The van der Waals surface area contributed by atoms with E-state index >= 15 is 0 Å². The standard InChI is InChI=1S/C27H28FN5O4S/c1-17-22(27(35)32-38(2,36)21-6-4-3-5-7-21)15-33-25(17)26(29-16-30-33)31-23-13-8-18(28)14-24(23)37-20-11-9-19(34)10-12-20/h3-8,13-16,19-20,34H,9-12H2,1-2H3,(H,29,30,31)/t19?,20?,38-/m1/s1. The number of amides is 1. The van der Waals surface area contributed by atoms with E-state index in [9.17, 15) is 18.5 Å². The first kappa shape index (κ1) is 25.8. The Balaban J connectivity index is 1.47. The minimum Gasteiger partial charge on any atom is -0.488 e. The van der Waals surface area contributed by atoms with Crippen molar-refractivity contribution < 1.29 is 23.2 Å². The highest BCUT2D eigenvalue weighted by molar-refractivity contribution is 7.93. The molecule has 0 bridgehead atoms. The van der Waals surface area contributed by atoms with Gasteiger partial charge in [-0.25, -0.2) is 18.1 Å². The molecule has 2 N–H and O–H groups in total. The summed E-state index contributed by atoms with van der Waals surface area (Å²) < 4.78 is 38.9. The summed E-state index contributed by atoms with van der Waals surface area (Å²) in [4.78, 5) is 17.9. The van der Waals surface area contributed by atoms with Crippen LogP contribution in [0.25, 0.3) is 5.52 Å². The molecule has 1 atom stereocenters. The number of nitrogens with one attached hydrogen (secondary N) is 1. The third-order valence-corrected chi connectivity index (χ3v) is 8.29. The number of hydrogen-bond donors (Lipinski definition) is 2. The summed E-state index contributed by atoms with van der Waals surface area (Å²) in [6, 6.07) is 12.8. The summed E-state index contributed by atoms with van der Waals surface area (Å²) in [5, 5.41) is 17.2. The van der Waals surface area contributed by atoms with Gasteiger partial charge in [-0.2, -0.15) is 9.46 Å². The lowest BCUT2D eigenvalue weighted by molar-refractivity contribution is 0.0668. The first-order chi connectivity index (χ1) is 18.2. The van der Waals surface area contributed by atoms with Crippen LogP contribution < -0.4 is 10.1 Å². The number of aliphatic hydroxyl groups excluding tert-OH is 1. The van der Waals surface area contributed by atoms with Gasteiger partial charge in [0.15, 0.2) is 5.82 Å². The van der Waals surface area contributed by atoms with Crippen LogP contribution >= 0.6 is 0 Å². The SMILES string of the molecule is Cc1c(C(=O)N=[S@](C)(=O)c2ccccc2)cn2ncnc(Nc3ccc(F)cc3OC3CCC(O)CC3)c12. The van der Waals surface area contributed by atoms with Crippen molar-refractivity contribution in [3.05, 3.63) is 78.0 Å². The minimum atomic E-state index is -2.95. The van der Waals surface area contributed by atoms with E-state index in [1.807, 2.05) is 0 Å². The van der Waals surface area contributed by atoms with Crippen molar-refractivity contribution in [1.29, 1.82) is 0 Å². The lowest BCUT2D eigenvalue weighted by Gasteiger charge is -2.27. The Morgan fingerprint density at radius 2 is 1.92 bits per heavy atom. The fraction of sp³-hybridized carbons (Fsp3) is 0.296. The largest absolute Gasteiger partial charge is 0.488 e. The molecular formula is C27H28FN5O4S. The van der Waals surface area contributed by atoms with E-state index in [-0.39, 0.29) is 17.8 Å². The molecule has 1 amide bonds. The molecule has 198 valence electrons. The number of benzene rings is 2. The van der Waals surface area contributed by atoms with Crippen molar-refractivity contribution in [2.45, 2.75) is 49.7 Å². The summed E-state index contributed by atoms with van der Waals surface area (Å²) >= 11 is 0. The number of carbonyl (C=O) groups is 1. The predicted octanol–water partition coefficient (Wildman–Crippen LogP) is 4.90. The summed E-state index contributed by atoms with van der Waals surface area (Å²) in [6.45, 7) is 1.74. The zero-order valence-electron chi connectivity index (χ0n) is 21.0. The van der Waals surface area contributed by atoms with Gasteiger partial charge in [-0.1, -0.05) is 18.2 Å². The van der Waals surface area contributed by atoms with E-state index in [4.69, 9.17) is 4.74 Å². The summed E-state index contributed by atoms with van der Waals surface area (Å²) in [5.41, 5.74) is 1.81. The second-order valence-electron chi connectivity index (χ2n) is 9.40. The van der Waals surface area contributed by atoms with E-state index in [1.54, 1.807) is 43.3 Å². The maximum atomic E-state index is 14.1. The fourth-order valence-electron chi connectivity index (χ4n) is 4.57. The number of halogens is 1. The molecule has 5 rings (SSSR count). The average molecular weight is 538 g/mol. The summed E-state index contributed by atoms with van der Waals surface area (Å²) in [7, 11) is -2.95. The molecule has 2 aromatic heterocycles. The molecule has 1 aliphatic rings. The normalized spacial score (nSPS) is 19.1. The van der Waals surface area contributed by atoms with Gasteiger partial charge in [-0.3, -0.25) is 4.79 Å². The molecule has 0 saturated heterocycles. The number of ether oxygens (including phenoxy) is 1. The first-order valence-corrected chi connectivity index (χ1v) is 14.2. The molecule has 9 nitrogen and oxygen atoms in total. The zero-order chi connectivity index (χ0) is 26.9. The molecule has 0 spiro atoms. The fourth-order valence-corrected chi connectivity index (χ4v) is 5.75. The van der Waals surface area contributed by atoms with Gasteiger partial charge >= 0.3 is 0 Å². The molecule has 0 aliphatic heterocycles. The molecule has 2 aromatic carbocycles. The summed E-state index contributed by atoms with van der Waals surface area (Å²) in [6.07, 6.45) is 6.44. The Hall–Kier alpha value is -3.83. The molecule has 0 radical (unpaired) electrons. The molecule has 1 saturated carbocycles. The number of nitrogens with zero attached hydrogens (tertiary/aromatic N) is 4. The lowest BCUT2D eigenvalue weighted by Crippen LogP contribution is -2.26. The smallest absolute Gasteiger partial charge is 0.287 e. The summed E-state index contributed by atoms with van der Waals surface area (Å²) in [5.74, 6) is -0.357. The Morgan fingerprint density at radius 3 is 2.66 bits per heavy atom. The maximum Gasteiger partial charge on any atom is 0.287 e. The van der Waals surface area contributed by atoms with E-state index < -0.39 is 21.5 Å². The van der Waals surface area contributed by atoms with Gasteiger partial charge in [0.2, 0.25) is 0 Å². The lowest BCUT2D eigenvalue weighted by atomic mass is 9.95. The molecule has 4 aromatic rings. The molecule has 1 fully saturated rings. The van der Waals surface area contributed by atoms with Crippen LogP contribution in [0, 0.1) is 12.7 Å². The number of aryl methyl sites for hydroxylation is 1. The van der Waals surface area contributed by atoms with Gasteiger partial charge in [-0.15, -0.1) is 0 Å². The monoisotopic (exact) mass is 537 g/mol. The van der Waals surface area contributed by atoms with Gasteiger partial charge < -0.3 is 15.2 Å². The number of aliphatic hydroxyl groups is 1. The van der Waals surface area contributed by atoms with Gasteiger partial charge in [-0.05, 0) is 62.4 Å². The molecule has 0 unspecified atom stereocenters. The van der Waals surface area contributed by atoms with Crippen LogP contribution in [0.2, 0.25) is 0 Å². The Bertz CT molecular complexity index is 1610. The van der Waals surface area contributed by atoms with Crippen LogP contribution in [-0.2, 0) is 9.73 Å². The van der Waals surface area contributed by atoms with Crippen LogP contribution in [0.5, 0.6) is 5.75 Å². The third kappa shape index (κ3) is 5.39. The predicted molar refractivity (Wildman–Crippen MR) is 142 cm³/mol. The molecule has 11 heteroatoms. The van der Waals surface area contributed by atoms with Crippen molar-refractivity contribution in [2.24, 2.45) is 4.36 Å². The minimum absolute atomic E-state index is 0.138. The van der Waals surface area contributed by atoms with Crippen LogP contribution in [-0.4, -0.2) is 48.3 Å². The highest BCUT2D eigenvalue weighted by Gasteiger charge is 2.23. The van der Waals surface area contributed by atoms with Crippen LogP contribution in [0.1, 0.15) is 41.6 Å². The highest BCUT2D eigenvalue weighted by Crippen LogP contribution is 2.34. The van der Waals surface area contributed by atoms with Gasteiger partial charge in [0, 0.05) is 23.4 Å². The molecule has 2 heterocycles. The van der Waals surface area contributed by atoms with Crippen molar-refractivity contribution in [2.75, 3.05) is 11.6 Å². The maximum absolute atomic E-state index is 14.1. The number of hydrogen-bond acceptors (Lipinski definition) is 7.